The Morgan fingerprint density at radius 1 is 0.708 bits per heavy atom. The Bertz CT molecular complexity index is 835. The summed E-state index contributed by atoms with van der Waals surface area (Å²) in [4.78, 5) is 45.6. The van der Waals surface area contributed by atoms with Gasteiger partial charge in [0, 0.05) is 0 Å². The lowest BCUT2D eigenvalue weighted by molar-refractivity contribution is 0.0396. The third-order valence-corrected chi connectivity index (χ3v) is 3.11. The highest BCUT2D eigenvalue weighted by atomic mass is 16.6. The number of benzene rings is 2. The highest BCUT2D eigenvalue weighted by Gasteiger charge is 2.17. The molecule has 2 aromatic rings. The molecule has 0 radical (unpaired) electrons. The van der Waals surface area contributed by atoms with E-state index in [4.69, 9.17) is 14.9 Å². The van der Waals surface area contributed by atoms with Gasteiger partial charge in [0.25, 0.3) is 0 Å². The van der Waals surface area contributed by atoms with Crippen molar-refractivity contribution in [2.75, 3.05) is 0 Å². The molecule has 7 nitrogen and oxygen atoms in total. The first-order valence-corrected chi connectivity index (χ1v) is 6.73. The molecule has 0 aliphatic heterocycles. The quantitative estimate of drug-likeness (QED) is 0.653. The Morgan fingerprint density at radius 3 is 1.71 bits per heavy atom. The summed E-state index contributed by atoms with van der Waals surface area (Å²) in [5.74, 6) is -4.31. The molecular weight excluding hydrogens is 316 g/mol. The standard InChI is InChI=1S/C17H12O7/c1-9-6-12(15(20)21)8-13(7-9)17(23)24-16(22)11-4-2-10(3-5-11)14(18)19/h2-8H,1H3,(H,18,19)(H,20,21). The Labute approximate surface area is 136 Å². The van der Waals surface area contributed by atoms with Crippen molar-refractivity contribution in [2.24, 2.45) is 0 Å². The molecule has 122 valence electrons. The predicted molar refractivity (Wildman–Crippen MR) is 81.3 cm³/mol. The second-order valence-electron chi connectivity index (χ2n) is 4.95. The number of carboxylic acid groups (broad SMARTS) is 2. The van der Waals surface area contributed by atoms with Gasteiger partial charge in [-0.15, -0.1) is 0 Å². The monoisotopic (exact) mass is 328 g/mol. The molecule has 0 spiro atoms. The zero-order valence-electron chi connectivity index (χ0n) is 12.5. The molecule has 7 heteroatoms. The van der Waals surface area contributed by atoms with Crippen molar-refractivity contribution in [3.05, 3.63) is 70.3 Å². The summed E-state index contributed by atoms with van der Waals surface area (Å²) in [7, 11) is 0. The van der Waals surface area contributed by atoms with E-state index >= 15 is 0 Å². The maximum absolute atomic E-state index is 12.0. The zero-order valence-corrected chi connectivity index (χ0v) is 12.5. The van der Waals surface area contributed by atoms with Gasteiger partial charge >= 0.3 is 23.9 Å². The summed E-state index contributed by atoms with van der Waals surface area (Å²) >= 11 is 0. The number of carbonyl (C=O) groups is 4. The van der Waals surface area contributed by atoms with Crippen LogP contribution in [0, 0.1) is 6.92 Å². The molecule has 0 atom stereocenters. The smallest absolute Gasteiger partial charge is 0.346 e. The van der Waals surface area contributed by atoms with Gasteiger partial charge in [-0.3, -0.25) is 0 Å². The fourth-order valence-corrected chi connectivity index (χ4v) is 1.98. The van der Waals surface area contributed by atoms with Crippen LogP contribution in [-0.2, 0) is 4.74 Å². The summed E-state index contributed by atoms with van der Waals surface area (Å²) in [5.41, 5.74) is 0.352. The Balaban J connectivity index is 2.18. The fraction of sp³-hybridized carbons (Fsp3) is 0.0588. The van der Waals surface area contributed by atoms with Crippen molar-refractivity contribution in [3.8, 4) is 0 Å². The van der Waals surface area contributed by atoms with Crippen molar-refractivity contribution in [1.82, 2.24) is 0 Å². The molecule has 2 rings (SSSR count). The molecule has 0 fully saturated rings. The third kappa shape index (κ3) is 3.83. The zero-order chi connectivity index (χ0) is 17.9. The summed E-state index contributed by atoms with van der Waals surface area (Å²) in [6, 6.07) is 8.74. The van der Waals surface area contributed by atoms with Gasteiger partial charge in [-0.05, 0) is 55.0 Å². The molecule has 2 N–H and O–H groups in total. The first-order chi connectivity index (χ1) is 11.3. The van der Waals surface area contributed by atoms with Gasteiger partial charge in [0.2, 0.25) is 0 Å². The van der Waals surface area contributed by atoms with E-state index in [9.17, 15) is 19.2 Å². The molecule has 0 bridgehead atoms. The Hall–Kier alpha value is -3.48. The van der Waals surface area contributed by atoms with Crippen LogP contribution in [0.3, 0.4) is 0 Å². The second kappa shape index (κ2) is 6.74. The van der Waals surface area contributed by atoms with Crippen LogP contribution in [0.2, 0.25) is 0 Å². The third-order valence-electron chi connectivity index (χ3n) is 3.11. The average Bonchev–Trinajstić information content (AvgIpc) is 2.54. The first-order valence-electron chi connectivity index (χ1n) is 6.73. The van der Waals surface area contributed by atoms with Gasteiger partial charge in [0.15, 0.2) is 0 Å². The minimum atomic E-state index is -1.21. The highest BCUT2D eigenvalue weighted by Crippen LogP contribution is 2.13. The van der Waals surface area contributed by atoms with Gasteiger partial charge in [-0.25, -0.2) is 19.2 Å². The molecule has 0 saturated heterocycles. The van der Waals surface area contributed by atoms with Gasteiger partial charge in [0.1, 0.15) is 0 Å². The van der Waals surface area contributed by atoms with Crippen LogP contribution in [0.4, 0.5) is 0 Å². The number of hydrogen-bond donors (Lipinski definition) is 2. The van der Waals surface area contributed by atoms with E-state index in [-0.39, 0.29) is 22.3 Å². The molecule has 24 heavy (non-hydrogen) atoms. The summed E-state index contributed by atoms with van der Waals surface area (Å²) in [6.07, 6.45) is 0. The summed E-state index contributed by atoms with van der Waals surface area (Å²) in [5, 5.41) is 17.8. The van der Waals surface area contributed by atoms with E-state index in [1.165, 1.54) is 36.4 Å². The van der Waals surface area contributed by atoms with Crippen molar-refractivity contribution in [3.63, 3.8) is 0 Å². The van der Waals surface area contributed by atoms with Gasteiger partial charge in [-0.1, -0.05) is 0 Å². The van der Waals surface area contributed by atoms with E-state index in [2.05, 4.69) is 0 Å². The van der Waals surface area contributed by atoms with Crippen LogP contribution in [-0.4, -0.2) is 34.1 Å². The normalized spacial score (nSPS) is 10.0. The molecular formula is C17H12O7. The van der Waals surface area contributed by atoms with Crippen molar-refractivity contribution in [2.45, 2.75) is 6.92 Å². The molecule has 0 amide bonds. The molecule has 2 aromatic carbocycles. The van der Waals surface area contributed by atoms with E-state index in [1.807, 2.05) is 0 Å². The number of ether oxygens (including phenoxy) is 1. The number of hydrogen-bond acceptors (Lipinski definition) is 5. The lowest BCUT2D eigenvalue weighted by Crippen LogP contribution is -2.14. The number of aromatic carboxylic acids is 2. The minimum absolute atomic E-state index is 0.000499. The Morgan fingerprint density at radius 2 is 1.17 bits per heavy atom. The van der Waals surface area contributed by atoms with Gasteiger partial charge < -0.3 is 14.9 Å². The van der Waals surface area contributed by atoms with Crippen LogP contribution in [0.5, 0.6) is 0 Å². The van der Waals surface area contributed by atoms with Crippen LogP contribution in [0.1, 0.15) is 47.0 Å². The lowest BCUT2D eigenvalue weighted by Gasteiger charge is -2.06. The van der Waals surface area contributed by atoms with Crippen molar-refractivity contribution in [1.29, 1.82) is 0 Å². The number of rotatable bonds is 4. The summed E-state index contributed by atoms with van der Waals surface area (Å²) in [6.45, 7) is 1.61. The van der Waals surface area contributed by atoms with Crippen molar-refractivity contribution >= 4 is 23.9 Å². The van der Waals surface area contributed by atoms with E-state index < -0.39 is 23.9 Å². The van der Waals surface area contributed by atoms with Crippen LogP contribution >= 0.6 is 0 Å². The first kappa shape index (κ1) is 16.9. The number of aryl methyl sites for hydroxylation is 1. The lowest BCUT2D eigenvalue weighted by atomic mass is 10.1. The van der Waals surface area contributed by atoms with Gasteiger partial charge in [-0.2, -0.15) is 0 Å². The maximum atomic E-state index is 12.0. The maximum Gasteiger partial charge on any atom is 0.346 e. The SMILES string of the molecule is Cc1cc(C(=O)O)cc(C(=O)OC(=O)c2ccc(C(=O)O)cc2)c1. The topological polar surface area (TPSA) is 118 Å². The molecule has 0 saturated carbocycles. The van der Waals surface area contributed by atoms with E-state index in [1.54, 1.807) is 6.92 Å². The number of carbonyl (C=O) groups excluding carboxylic acids is 2. The predicted octanol–water partition coefficient (Wildman–Crippen LogP) is 2.39. The highest BCUT2D eigenvalue weighted by molar-refractivity contribution is 6.04. The molecule has 0 aliphatic carbocycles. The number of esters is 2. The van der Waals surface area contributed by atoms with Crippen molar-refractivity contribution < 1.29 is 34.1 Å². The minimum Gasteiger partial charge on any atom is -0.478 e. The second-order valence-corrected chi connectivity index (χ2v) is 4.95. The van der Waals surface area contributed by atoms with Crippen LogP contribution < -0.4 is 0 Å². The van der Waals surface area contributed by atoms with Crippen LogP contribution in [0.25, 0.3) is 0 Å². The average molecular weight is 328 g/mol. The van der Waals surface area contributed by atoms with Crippen LogP contribution in [0.15, 0.2) is 42.5 Å². The molecule has 0 aliphatic rings. The van der Waals surface area contributed by atoms with E-state index in [0.29, 0.717) is 5.56 Å². The largest absolute Gasteiger partial charge is 0.478 e. The van der Waals surface area contributed by atoms with E-state index in [0.717, 1.165) is 6.07 Å². The number of carboxylic acids is 2. The fourth-order valence-electron chi connectivity index (χ4n) is 1.98. The Kier molecular flexibility index (Phi) is 4.74. The van der Waals surface area contributed by atoms with Gasteiger partial charge in [0.05, 0.1) is 22.3 Å². The summed E-state index contributed by atoms with van der Waals surface area (Å²) < 4.78 is 4.69. The molecule has 0 heterocycles. The molecule has 0 unspecified atom stereocenters. The molecule has 0 aromatic heterocycles.